The average Bonchev–Trinajstić information content (AvgIpc) is 3.42. The van der Waals surface area contributed by atoms with Crippen LogP contribution in [0.25, 0.3) is 32.7 Å². The lowest BCUT2D eigenvalue weighted by molar-refractivity contribution is -0.158. The number of nitrogens with one attached hydrogen (secondary N) is 1. The van der Waals surface area contributed by atoms with Gasteiger partial charge in [-0.15, -0.1) is 0 Å². The third-order valence-corrected chi connectivity index (χ3v) is 9.69. The number of imidazole rings is 1. The second-order valence-corrected chi connectivity index (χ2v) is 15.5. The molecule has 0 saturated heterocycles. The van der Waals surface area contributed by atoms with Crippen LogP contribution < -0.4 is 15.3 Å². The topological polar surface area (TPSA) is 140 Å². The van der Waals surface area contributed by atoms with E-state index in [-0.39, 0.29) is 25.0 Å². The van der Waals surface area contributed by atoms with Crippen molar-refractivity contribution in [1.82, 2.24) is 19.6 Å². The summed E-state index contributed by atoms with van der Waals surface area (Å²) in [5, 5.41) is 5.51. The zero-order chi connectivity index (χ0) is 35.5. The van der Waals surface area contributed by atoms with Gasteiger partial charge in [0.05, 0.1) is 23.7 Å². The lowest BCUT2D eigenvalue weighted by Gasteiger charge is -2.31. The highest BCUT2D eigenvalue weighted by molar-refractivity contribution is 7.52. The molecule has 49 heavy (non-hydrogen) atoms. The molecule has 5 aromatic rings. The summed E-state index contributed by atoms with van der Waals surface area (Å²) < 4.78 is 41.4. The Morgan fingerprint density at radius 2 is 1.61 bits per heavy atom. The zero-order valence-electron chi connectivity index (χ0n) is 29.6. The standard InChI is InChI=1S/C37H48N5O6P/c1-9-45-22-31-40-33-34(27-18-12-13-19-28(27)39-35(33)38)42(31)29(23(2)3)21-46-49(44,41-32(24(4)5)36(43)47-37(6,7)8)48-30-20-14-16-25-15-10-11-17-26(25)30/h10-20,23-24,29,32H,9,21-22H2,1-8H3,(H2,38,39)(H,41,44)/t29-,32+,49+/m1/s1. The summed E-state index contributed by atoms with van der Waals surface area (Å²) in [5.74, 6) is 0.400. The highest BCUT2D eigenvalue weighted by Crippen LogP contribution is 2.49. The van der Waals surface area contributed by atoms with Gasteiger partial charge in [0, 0.05) is 17.4 Å². The van der Waals surface area contributed by atoms with Gasteiger partial charge in [0.15, 0.2) is 5.82 Å². The number of carbonyl (C=O) groups excluding carboxylic acids is 1. The Bertz CT molecular complexity index is 1980. The van der Waals surface area contributed by atoms with E-state index >= 15 is 4.57 Å². The van der Waals surface area contributed by atoms with Crippen LogP contribution in [0.3, 0.4) is 0 Å². The Labute approximate surface area is 288 Å². The van der Waals surface area contributed by atoms with Gasteiger partial charge in [-0.25, -0.2) is 14.5 Å². The molecule has 0 bridgehead atoms. The maximum absolute atomic E-state index is 15.1. The van der Waals surface area contributed by atoms with E-state index in [2.05, 4.69) is 28.5 Å². The molecule has 0 fully saturated rings. The minimum atomic E-state index is -4.28. The molecular weight excluding hydrogens is 641 g/mol. The number of nitrogen functional groups attached to an aromatic ring is 1. The highest BCUT2D eigenvalue weighted by atomic mass is 31.2. The van der Waals surface area contributed by atoms with Crippen LogP contribution in [0.2, 0.25) is 0 Å². The SMILES string of the molecule is CCOCc1nc2c(N)nc3ccccc3c2n1[C@H](CO[P@@](=O)(N[C@H](C(=O)OC(C)(C)C)C(C)C)Oc1cccc2ccccc12)C(C)C. The van der Waals surface area contributed by atoms with E-state index in [9.17, 15) is 4.79 Å². The maximum Gasteiger partial charge on any atom is 0.459 e. The molecule has 0 radical (unpaired) electrons. The molecule has 0 amide bonds. The number of esters is 1. The Morgan fingerprint density at radius 1 is 0.939 bits per heavy atom. The molecule has 0 unspecified atom stereocenters. The van der Waals surface area contributed by atoms with Crippen LogP contribution >= 0.6 is 7.75 Å². The number of pyridine rings is 1. The van der Waals surface area contributed by atoms with Gasteiger partial charge in [0.2, 0.25) is 0 Å². The largest absolute Gasteiger partial charge is 0.459 e. The number of ether oxygens (including phenoxy) is 2. The molecule has 0 aliphatic heterocycles. The second kappa shape index (κ2) is 14.8. The molecule has 262 valence electrons. The zero-order valence-corrected chi connectivity index (χ0v) is 30.5. The molecule has 0 aliphatic rings. The van der Waals surface area contributed by atoms with Gasteiger partial charge in [-0.05, 0) is 57.0 Å². The third-order valence-electron chi connectivity index (χ3n) is 8.17. The van der Waals surface area contributed by atoms with Gasteiger partial charge in [0.1, 0.15) is 35.3 Å². The first-order chi connectivity index (χ1) is 23.2. The van der Waals surface area contributed by atoms with E-state index in [1.54, 1.807) is 26.8 Å². The third kappa shape index (κ3) is 8.24. The molecule has 11 nitrogen and oxygen atoms in total. The quantitative estimate of drug-likeness (QED) is 0.0866. The van der Waals surface area contributed by atoms with E-state index in [4.69, 9.17) is 29.2 Å². The van der Waals surface area contributed by atoms with E-state index in [1.165, 1.54) is 0 Å². The van der Waals surface area contributed by atoms with Gasteiger partial charge in [-0.3, -0.25) is 9.32 Å². The average molecular weight is 690 g/mol. The molecule has 3 aromatic carbocycles. The molecule has 12 heteroatoms. The molecular formula is C37H48N5O6P. The van der Waals surface area contributed by atoms with E-state index in [0.717, 1.165) is 27.2 Å². The normalized spacial score (nSPS) is 14.8. The molecule has 2 heterocycles. The molecule has 2 aromatic heterocycles. The van der Waals surface area contributed by atoms with Gasteiger partial charge in [0.25, 0.3) is 0 Å². The Kier molecular flexibility index (Phi) is 11.0. The number of benzene rings is 3. The summed E-state index contributed by atoms with van der Waals surface area (Å²) in [6.07, 6.45) is 0. The Hall–Kier alpha value is -4.02. The van der Waals surface area contributed by atoms with Crippen LogP contribution in [0.4, 0.5) is 5.82 Å². The Morgan fingerprint density at radius 3 is 2.29 bits per heavy atom. The maximum atomic E-state index is 15.1. The van der Waals surface area contributed by atoms with Crippen LogP contribution in [0.5, 0.6) is 5.75 Å². The first-order valence-electron chi connectivity index (χ1n) is 16.8. The minimum absolute atomic E-state index is 0.0383. The summed E-state index contributed by atoms with van der Waals surface area (Å²) in [7, 11) is -4.28. The van der Waals surface area contributed by atoms with E-state index in [1.807, 2.05) is 81.4 Å². The molecule has 0 saturated carbocycles. The van der Waals surface area contributed by atoms with Gasteiger partial charge >= 0.3 is 13.7 Å². The predicted molar refractivity (Wildman–Crippen MR) is 194 cm³/mol. The fourth-order valence-electron chi connectivity index (χ4n) is 5.77. The molecule has 0 aliphatic carbocycles. The molecule has 3 atom stereocenters. The van der Waals surface area contributed by atoms with Crippen molar-refractivity contribution in [2.24, 2.45) is 11.8 Å². The molecule has 5 rings (SSSR count). The van der Waals surface area contributed by atoms with Crippen LogP contribution in [-0.4, -0.2) is 45.4 Å². The number of hydrogen-bond donors (Lipinski definition) is 2. The Balaban J connectivity index is 1.60. The van der Waals surface area contributed by atoms with Crippen molar-refractivity contribution in [1.29, 1.82) is 0 Å². The van der Waals surface area contributed by atoms with Crippen LogP contribution in [0, 0.1) is 11.8 Å². The number of para-hydroxylation sites is 1. The van der Waals surface area contributed by atoms with Gasteiger partial charge in [-0.2, -0.15) is 5.09 Å². The lowest BCUT2D eigenvalue weighted by Crippen LogP contribution is -2.44. The van der Waals surface area contributed by atoms with Crippen molar-refractivity contribution in [2.45, 2.75) is 79.7 Å². The molecule has 3 N–H and O–H groups in total. The number of aromatic nitrogens is 3. The van der Waals surface area contributed by atoms with Crippen LogP contribution in [0.15, 0.2) is 66.7 Å². The monoisotopic (exact) mass is 689 g/mol. The van der Waals surface area contributed by atoms with Crippen molar-refractivity contribution in [3.8, 4) is 5.75 Å². The van der Waals surface area contributed by atoms with Crippen LogP contribution in [-0.2, 0) is 30.0 Å². The summed E-state index contributed by atoms with van der Waals surface area (Å²) in [6, 6.07) is 19.5. The number of nitrogens with zero attached hydrogens (tertiary/aromatic N) is 3. The first-order valence-corrected chi connectivity index (χ1v) is 18.3. The molecule has 0 spiro atoms. The fraction of sp³-hybridized carbons (Fsp3) is 0.432. The first kappa shape index (κ1) is 36.3. The minimum Gasteiger partial charge on any atom is -0.459 e. The number of nitrogens with two attached hydrogens (primary N) is 1. The highest BCUT2D eigenvalue weighted by Gasteiger charge is 2.39. The summed E-state index contributed by atoms with van der Waals surface area (Å²) in [5.41, 5.74) is 7.77. The number of anilines is 1. The summed E-state index contributed by atoms with van der Waals surface area (Å²) in [6.45, 7) is 15.7. The number of hydrogen-bond acceptors (Lipinski definition) is 9. The lowest BCUT2D eigenvalue weighted by atomic mass is 10.0. The number of carbonyl (C=O) groups is 1. The predicted octanol–water partition coefficient (Wildman–Crippen LogP) is 8.21. The van der Waals surface area contributed by atoms with Gasteiger partial charge in [-0.1, -0.05) is 82.3 Å². The van der Waals surface area contributed by atoms with E-state index in [0.29, 0.717) is 29.5 Å². The number of fused-ring (bicyclic) bond motifs is 4. The van der Waals surface area contributed by atoms with Crippen molar-refractivity contribution < 1.29 is 27.9 Å². The van der Waals surface area contributed by atoms with Gasteiger partial charge < -0.3 is 24.3 Å². The van der Waals surface area contributed by atoms with Crippen molar-refractivity contribution in [3.63, 3.8) is 0 Å². The smallest absolute Gasteiger partial charge is 0.459 e. The van der Waals surface area contributed by atoms with Crippen molar-refractivity contribution in [2.75, 3.05) is 18.9 Å². The van der Waals surface area contributed by atoms with Crippen LogP contribution in [0.1, 0.15) is 67.3 Å². The van der Waals surface area contributed by atoms with Crippen molar-refractivity contribution >= 4 is 52.2 Å². The fourth-order valence-corrected chi connectivity index (χ4v) is 7.46. The second-order valence-electron chi connectivity index (χ2n) is 13.8. The van der Waals surface area contributed by atoms with E-state index < -0.39 is 31.4 Å². The summed E-state index contributed by atoms with van der Waals surface area (Å²) in [4.78, 5) is 23.0. The van der Waals surface area contributed by atoms with Crippen molar-refractivity contribution in [3.05, 3.63) is 72.6 Å². The number of rotatable bonds is 14. The summed E-state index contributed by atoms with van der Waals surface area (Å²) >= 11 is 0.